The van der Waals surface area contributed by atoms with Crippen molar-refractivity contribution < 1.29 is 9.53 Å². The molecule has 3 rings (SSSR count). The lowest BCUT2D eigenvalue weighted by Gasteiger charge is -2.16. The molecule has 0 saturated heterocycles. The number of ketones is 1. The minimum atomic E-state index is -0.792. The van der Waals surface area contributed by atoms with E-state index in [9.17, 15) is 4.79 Å². The Labute approximate surface area is 137 Å². The van der Waals surface area contributed by atoms with Crippen LogP contribution in [0.25, 0.3) is 11.1 Å². The van der Waals surface area contributed by atoms with Gasteiger partial charge in [-0.05, 0) is 62.1 Å². The van der Waals surface area contributed by atoms with Gasteiger partial charge in [0.25, 0.3) is 0 Å². The first kappa shape index (κ1) is 15.6. The number of ether oxygens (including phenoxy) is 1. The fourth-order valence-electron chi connectivity index (χ4n) is 3.01. The highest BCUT2D eigenvalue weighted by Gasteiger charge is 2.42. The molecule has 0 radical (unpaired) electrons. The maximum absolute atomic E-state index is 12.8. The Morgan fingerprint density at radius 2 is 1.65 bits per heavy atom. The summed E-state index contributed by atoms with van der Waals surface area (Å²) in [6.45, 7) is 7.75. The molecule has 0 saturated carbocycles. The van der Waals surface area contributed by atoms with Crippen LogP contribution in [0.1, 0.15) is 35.3 Å². The van der Waals surface area contributed by atoms with Crippen molar-refractivity contribution in [2.24, 2.45) is 0 Å². The number of hydrogen-bond acceptors (Lipinski definition) is 3. The fourth-order valence-corrected chi connectivity index (χ4v) is 3.01. The minimum Gasteiger partial charge on any atom is -0.479 e. The zero-order chi connectivity index (χ0) is 16.9. The molecule has 23 heavy (non-hydrogen) atoms. The molecule has 2 aromatic rings. The van der Waals surface area contributed by atoms with Crippen LogP contribution >= 0.6 is 0 Å². The standard InChI is InChI=1S/C20H23NO2/c1-12-11-16(14-7-9-15(10-8-14)21(5)6)17-18(13(12)2)23-20(3,4)19(17)22/h7-11H,1-6H3. The highest BCUT2D eigenvalue weighted by atomic mass is 16.5. The van der Waals surface area contributed by atoms with Crippen LogP contribution in [0.4, 0.5) is 5.69 Å². The van der Waals surface area contributed by atoms with Crippen LogP contribution in [-0.4, -0.2) is 25.5 Å². The van der Waals surface area contributed by atoms with E-state index in [0.29, 0.717) is 0 Å². The molecule has 0 amide bonds. The zero-order valence-corrected chi connectivity index (χ0v) is 14.7. The van der Waals surface area contributed by atoms with Crippen LogP contribution in [0.15, 0.2) is 30.3 Å². The van der Waals surface area contributed by atoms with Crippen molar-refractivity contribution in [3.8, 4) is 16.9 Å². The molecule has 120 valence electrons. The second kappa shape index (κ2) is 5.12. The zero-order valence-electron chi connectivity index (χ0n) is 14.7. The molecule has 0 spiro atoms. The van der Waals surface area contributed by atoms with E-state index in [2.05, 4.69) is 42.2 Å². The van der Waals surface area contributed by atoms with Crippen molar-refractivity contribution in [2.75, 3.05) is 19.0 Å². The van der Waals surface area contributed by atoms with E-state index in [1.807, 2.05) is 34.9 Å². The van der Waals surface area contributed by atoms with E-state index in [4.69, 9.17) is 4.74 Å². The van der Waals surface area contributed by atoms with Crippen LogP contribution in [0.2, 0.25) is 0 Å². The van der Waals surface area contributed by atoms with Gasteiger partial charge in [0.1, 0.15) is 5.75 Å². The predicted molar refractivity (Wildman–Crippen MR) is 94.7 cm³/mol. The monoisotopic (exact) mass is 309 g/mol. The van der Waals surface area contributed by atoms with Gasteiger partial charge in [-0.1, -0.05) is 18.2 Å². The number of hydrogen-bond donors (Lipinski definition) is 0. The molecule has 0 bridgehead atoms. The lowest BCUT2D eigenvalue weighted by molar-refractivity contribution is 0.0683. The van der Waals surface area contributed by atoms with Crippen LogP contribution in [-0.2, 0) is 0 Å². The summed E-state index contributed by atoms with van der Waals surface area (Å²) in [7, 11) is 4.03. The normalized spacial score (nSPS) is 15.3. The van der Waals surface area contributed by atoms with E-state index < -0.39 is 5.60 Å². The van der Waals surface area contributed by atoms with Gasteiger partial charge in [-0.3, -0.25) is 4.79 Å². The number of nitrogens with zero attached hydrogens (tertiary/aromatic N) is 1. The topological polar surface area (TPSA) is 29.5 Å². The van der Waals surface area contributed by atoms with E-state index in [1.165, 1.54) is 0 Å². The third-order valence-electron chi connectivity index (χ3n) is 4.62. The Morgan fingerprint density at radius 1 is 1.04 bits per heavy atom. The Hall–Kier alpha value is -2.29. The van der Waals surface area contributed by atoms with Gasteiger partial charge in [0.15, 0.2) is 5.60 Å². The van der Waals surface area contributed by atoms with Gasteiger partial charge in [-0.25, -0.2) is 0 Å². The molecule has 1 heterocycles. The lowest BCUT2D eigenvalue weighted by Crippen LogP contribution is -2.32. The number of carbonyl (C=O) groups excluding carboxylic acids is 1. The summed E-state index contributed by atoms with van der Waals surface area (Å²) in [6.07, 6.45) is 0. The number of benzene rings is 2. The number of Topliss-reactive ketones (excluding diaryl/α,β-unsaturated/α-hetero) is 1. The number of anilines is 1. The van der Waals surface area contributed by atoms with E-state index in [1.54, 1.807) is 0 Å². The third-order valence-corrected chi connectivity index (χ3v) is 4.62. The maximum Gasteiger partial charge on any atom is 0.210 e. The van der Waals surface area contributed by atoms with Gasteiger partial charge in [0.2, 0.25) is 5.78 Å². The summed E-state index contributed by atoms with van der Waals surface area (Å²) in [6, 6.07) is 10.4. The third kappa shape index (κ3) is 2.40. The first-order valence-electron chi connectivity index (χ1n) is 7.88. The fraction of sp³-hybridized carbons (Fsp3) is 0.350. The molecule has 0 unspecified atom stereocenters. The highest BCUT2D eigenvalue weighted by Crippen LogP contribution is 2.44. The molecule has 1 aliphatic heterocycles. The number of fused-ring (bicyclic) bond motifs is 1. The quantitative estimate of drug-likeness (QED) is 0.824. The van der Waals surface area contributed by atoms with Crippen molar-refractivity contribution >= 4 is 11.5 Å². The average Bonchev–Trinajstić information content (AvgIpc) is 2.74. The summed E-state index contributed by atoms with van der Waals surface area (Å²) in [5.74, 6) is 0.800. The maximum atomic E-state index is 12.8. The number of rotatable bonds is 2. The molecule has 0 atom stereocenters. The average molecular weight is 309 g/mol. The van der Waals surface area contributed by atoms with Gasteiger partial charge in [-0.15, -0.1) is 0 Å². The molecule has 0 fully saturated rings. The Kier molecular flexibility index (Phi) is 3.47. The number of carbonyl (C=O) groups is 1. The highest BCUT2D eigenvalue weighted by molar-refractivity contribution is 6.12. The van der Waals surface area contributed by atoms with Crippen molar-refractivity contribution in [1.82, 2.24) is 0 Å². The molecule has 0 aliphatic carbocycles. The molecular formula is C20H23NO2. The Bertz CT molecular complexity index is 786. The number of aryl methyl sites for hydroxylation is 1. The molecule has 1 aliphatic rings. The second-order valence-electron chi connectivity index (χ2n) is 6.95. The van der Waals surface area contributed by atoms with Crippen molar-refractivity contribution in [2.45, 2.75) is 33.3 Å². The van der Waals surface area contributed by atoms with Crippen LogP contribution in [0.5, 0.6) is 5.75 Å². The molecule has 0 N–H and O–H groups in total. The predicted octanol–water partition coefficient (Wildman–Crippen LogP) is 4.39. The molecule has 3 heteroatoms. The largest absolute Gasteiger partial charge is 0.479 e. The van der Waals surface area contributed by atoms with E-state index in [-0.39, 0.29) is 5.78 Å². The Balaban J connectivity index is 2.20. The van der Waals surface area contributed by atoms with Crippen molar-refractivity contribution in [3.05, 3.63) is 47.0 Å². The first-order chi connectivity index (χ1) is 10.7. The molecule has 3 nitrogen and oxygen atoms in total. The lowest BCUT2D eigenvalue weighted by atomic mass is 9.89. The van der Waals surface area contributed by atoms with Gasteiger partial charge in [-0.2, -0.15) is 0 Å². The van der Waals surface area contributed by atoms with Crippen LogP contribution in [0, 0.1) is 13.8 Å². The van der Waals surface area contributed by atoms with E-state index >= 15 is 0 Å². The van der Waals surface area contributed by atoms with Gasteiger partial charge >= 0.3 is 0 Å². The summed E-state index contributed by atoms with van der Waals surface area (Å²) in [5.41, 5.74) is 5.26. The minimum absolute atomic E-state index is 0.0577. The molecular weight excluding hydrogens is 286 g/mol. The van der Waals surface area contributed by atoms with E-state index in [0.717, 1.165) is 39.3 Å². The Morgan fingerprint density at radius 3 is 2.22 bits per heavy atom. The summed E-state index contributed by atoms with van der Waals surface area (Å²) in [4.78, 5) is 14.9. The first-order valence-corrected chi connectivity index (χ1v) is 7.88. The summed E-state index contributed by atoms with van der Waals surface area (Å²) < 4.78 is 5.98. The van der Waals surface area contributed by atoms with Gasteiger partial charge < -0.3 is 9.64 Å². The van der Waals surface area contributed by atoms with Gasteiger partial charge in [0.05, 0.1) is 5.56 Å². The van der Waals surface area contributed by atoms with Crippen LogP contribution < -0.4 is 9.64 Å². The van der Waals surface area contributed by atoms with Crippen molar-refractivity contribution in [3.63, 3.8) is 0 Å². The summed E-state index contributed by atoms with van der Waals surface area (Å²) >= 11 is 0. The van der Waals surface area contributed by atoms with Crippen molar-refractivity contribution in [1.29, 1.82) is 0 Å². The second-order valence-corrected chi connectivity index (χ2v) is 6.95. The van der Waals surface area contributed by atoms with Gasteiger partial charge in [0, 0.05) is 19.8 Å². The smallest absolute Gasteiger partial charge is 0.210 e. The van der Waals surface area contributed by atoms with Crippen LogP contribution in [0.3, 0.4) is 0 Å². The SMILES string of the molecule is Cc1cc(-c2ccc(N(C)C)cc2)c2c(c1C)OC(C)(C)C2=O. The summed E-state index contributed by atoms with van der Waals surface area (Å²) in [5, 5.41) is 0. The molecule has 2 aromatic carbocycles. The molecule has 0 aromatic heterocycles.